The fourth-order valence-electron chi connectivity index (χ4n) is 1.60. The SMILES string of the molecule is CCCCCCC(CC(=O)O)OC(C)C. The Labute approximate surface area is 92.8 Å². The van der Waals surface area contributed by atoms with Gasteiger partial charge in [-0.2, -0.15) is 0 Å². The predicted octanol–water partition coefficient (Wildman–Crippen LogP) is 3.23. The minimum atomic E-state index is -0.767. The second kappa shape index (κ2) is 8.72. The van der Waals surface area contributed by atoms with Crippen LogP contribution in [0.3, 0.4) is 0 Å². The van der Waals surface area contributed by atoms with Crippen LogP contribution < -0.4 is 0 Å². The lowest BCUT2D eigenvalue weighted by Gasteiger charge is -2.18. The third-order valence-electron chi connectivity index (χ3n) is 2.25. The van der Waals surface area contributed by atoms with Gasteiger partial charge in [-0.3, -0.25) is 4.79 Å². The van der Waals surface area contributed by atoms with Gasteiger partial charge in [0, 0.05) is 0 Å². The van der Waals surface area contributed by atoms with Crippen LogP contribution in [0.5, 0.6) is 0 Å². The molecule has 0 heterocycles. The fraction of sp³-hybridized carbons (Fsp3) is 0.917. The average molecular weight is 216 g/mol. The summed E-state index contributed by atoms with van der Waals surface area (Å²) in [4.78, 5) is 10.6. The molecule has 0 aromatic heterocycles. The normalized spacial score (nSPS) is 13.1. The van der Waals surface area contributed by atoms with Crippen molar-refractivity contribution < 1.29 is 14.6 Å². The Morgan fingerprint density at radius 3 is 2.40 bits per heavy atom. The minimum absolute atomic E-state index is 0.112. The Morgan fingerprint density at radius 1 is 1.27 bits per heavy atom. The summed E-state index contributed by atoms with van der Waals surface area (Å²) in [7, 11) is 0. The lowest BCUT2D eigenvalue weighted by Crippen LogP contribution is -2.21. The molecule has 0 aromatic rings. The number of unbranched alkanes of at least 4 members (excludes halogenated alkanes) is 3. The van der Waals surface area contributed by atoms with E-state index < -0.39 is 5.97 Å². The van der Waals surface area contributed by atoms with Crippen molar-refractivity contribution in [3.63, 3.8) is 0 Å². The molecule has 0 bridgehead atoms. The van der Waals surface area contributed by atoms with E-state index >= 15 is 0 Å². The Balaban J connectivity index is 3.74. The van der Waals surface area contributed by atoms with E-state index in [1.165, 1.54) is 19.3 Å². The first-order valence-corrected chi connectivity index (χ1v) is 5.93. The maximum absolute atomic E-state index is 10.6. The van der Waals surface area contributed by atoms with Gasteiger partial charge in [0.1, 0.15) is 0 Å². The first kappa shape index (κ1) is 14.4. The van der Waals surface area contributed by atoms with E-state index in [0.717, 1.165) is 12.8 Å². The third kappa shape index (κ3) is 9.73. The Kier molecular flexibility index (Phi) is 8.38. The molecule has 1 N–H and O–H groups in total. The highest BCUT2D eigenvalue weighted by molar-refractivity contribution is 5.67. The predicted molar refractivity (Wildman–Crippen MR) is 61.0 cm³/mol. The van der Waals surface area contributed by atoms with Crippen molar-refractivity contribution in [2.24, 2.45) is 0 Å². The standard InChI is InChI=1S/C12H24O3/c1-4-5-6-7-8-11(9-12(13)14)15-10(2)3/h10-11H,4-9H2,1-3H3,(H,13,14). The highest BCUT2D eigenvalue weighted by Crippen LogP contribution is 2.13. The van der Waals surface area contributed by atoms with Crippen molar-refractivity contribution in [3.8, 4) is 0 Å². The Morgan fingerprint density at radius 2 is 1.93 bits per heavy atom. The molecule has 0 fully saturated rings. The molecule has 3 nitrogen and oxygen atoms in total. The van der Waals surface area contributed by atoms with Gasteiger partial charge in [-0.05, 0) is 20.3 Å². The van der Waals surface area contributed by atoms with E-state index in [1.54, 1.807) is 0 Å². The zero-order valence-electron chi connectivity index (χ0n) is 10.2. The van der Waals surface area contributed by atoms with Crippen LogP contribution in [-0.2, 0) is 9.53 Å². The molecule has 0 radical (unpaired) electrons. The van der Waals surface area contributed by atoms with Gasteiger partial charge < -0.3 is 9.84 Å². The van der Waals surface area contributed by atoms with E-state index in [4.69, 9.17) is 9.84 Å². The molecule has 0 saturated carbocycles. The van der Waals surface area contributed by atoms with Crippen LogP contribution in [0.15, 0.2) is 0 Å². The number of hydrogen-bond donors (Lipinski definition) is 1. The van der Waals surface area contributed by atoms with Gasteiger partial charge in [0.25, 0.3) is 0 Å². The smallest absolute Gasteiger partial charge is 0.305 e. The lowest BCUT2D eigenvalue weighted by molar-refractivity contribution is -0.141. The molecular weight excluding hydrogens is 192 g/mol. The second-order valence-electron chi connectivity index (χ2n) is 4.25. The summed E-state index contributed by atoms with van der Waals surface area (Å²) < 4.78 is 5.56. The molecule has 15 heavy (non-hydrogen) atoms. The van der Waals surface area contributed by atoms with Gasteiger partial charge in [0.05, 0.1) is 18.6 Å². The molecule has 0 saturated heterocycles. The number of ether oxygens (including phenoxy) is 1. The zero-order chi connectivity index (χ0) is 11.7. The molecule has 0 aliphatic rings. The number of hydrogen-bond acceptors (Lipinski definition) is 2. The van der Waals surface area contributed by atoms with Gasteiger partial charge in [0.2, 0.25) is 0 Å². The van der Waals surface area contributed by atoms with E-state index in [2.05, 4.69) is 6.92 Å². The highest BCUT2D eigenvalue weighted by Gasteiger charge is 2.14. The molecule has 1 atom stereocenters. The second-order valence-corrected chi connectivity index (χ2v) is 4.25. The number of carboxylic acids is 1. The van der Waals surface area contributed by atoms with E-state index in [-0.39, 0.29) is 18.6 Å². The van der Waals surface area contributed by atoms with Crippen molar-refractivity contribution in [1.29, 1.82) is 0 Å². The molecule has 0 aromatic carbocycles. The summed E-state index contributed by atoms with van der Waals surface area (Å²) in [6.45, 7) is 6.06. The van der Waals surface area contributed by atoms with E-state index in [1.807, 2.05) is 13.8 Å². The van der Waals surface area contributed by atoms with Gasteiger partial charge in [-0.1, -0.05) is 32.6 Å². The van der Waals surface area contributed by atoms with Gasteiger partial charge in [-0.25, -0.2) is 0 Å². The molecule has 0 rings (SSSR count). The molecule has 0 aliphatic heterocycles. The molecule has 3 heteroatoms. The highest BCUT2D eigenvalue weighted by atomic mass is 16.5. The summed E-state index contributed by atoms with van der Waals surface area (Å²) >= 11 is 0. The van der Waals surface area contributed by atoms with Crippen molar-refractivity contribution in [2.75, 3.05) is 0 Å². The minimum Gasteiger partial charge on any atom is -0.481 e. The number of carbonyl (C=O) groups is 1. The summed E-state index contributed by atoms with van der Waals surface area (Å²) in [5.41, 5.74) is 0. The number of carboxylic acid groups (broad SMARTS) is 1. The van der Waals surface area contributed by atoms with Crippen molar-refractivity contribution >= 4 is 5.97 Å². The van der Waals surface area contributed by atoms with Crippen LogP contribution >= 0.6 is 0 Å². The van der Waals surface area contributed by atoms with E-state index in [0.29, 0.717) is 0 Å². The fourth-order valence-corrected chi connectivity index (χ4v) is 1.60. The topological polar surface area (TPSA) is 46.5 Å². The number of rotatable bonds is 9. The molecule has 90 valence electrons. The number of aliphatic carboxylic acids is 1. The van der Waals surface area contributed by atoms with Crippen molar-refractivity contribution in [1.82, 2.24) is 0 Å². The maximum Gasteiger partial charge on any atom is 0.305 e. The first-order valence-electron chi connectivity index (χ1n) is 5.93. The van der Waals surface area contributed by atoms with Crippen LogP contribution in [0.4, 0.5) is 0 Å². The monoisotopic (exact) mass is 216 g/mol. The van der Waals surface area contributed by atoms with Gasteiger partial charge in [-0.15, -0.1) is 0 Å². The van der Waals surface area contributed by atoms with Crippen LogP contribution in [0.2, 0.25) is 0 Å². The summed E-state index contributed by atoms with van der Waals surface area (Å²) in [5.74, 6) is -0.767. The van der Waals surface area contributed by atoms with Gasteiger partial charge >= 0.3 is 5.97 Å². The summed E-state index contributed by atoms with van der Waals surface area (Å²) in [6.07, 6.45) is 5.66. The molecule has 0 spiro atoms. The van der Waals surface area contributed by atoms with Crippen LogP contribution in [0.1, 0.15) is 59.3 Å². The van der Waals surface area contributed by atoms with Crippen LogP contribution in [0, 0.1) is 0 Å². The van der Waals surface area contributed by atoms with Crippen LogP contribution in [-0.4, -0.2) is 23.3 Å². The summed E-state index contributed by atoms with van der Waals surface area (Å²) in [5, 5.41) is 8.72. The van der Waals surface area contributed by atoms with E-state index in [9.17, 15) is 4.79 Å². The quantitative estimate of drug-likeness (QED) is 0.602. The average Bonchev–Trinajstić information content (AvgIpc) is 2.10. The molecular formula is C12H24O3. The molecule has 0 amide bonds. The largest absolute Gasteiger partial charge is 0.481 e. The third-order valence-corrected chi connectivity index (χ3v) is 2.25. The Hall–Kier alpha value is -0.570. The molecule has 1 unspecified atom stereocenters. The Bertz CT molecular complexity index is 166. The lowest BCUT2D eigenvalue weighted by atomic mass is 10.1. The van der Waals surface area contributed by atoms with Crippen molar-refractivity contribution in [3.05, 3.63) is 0 Å². The molecule has 0 aliphatic carbocycles. The maximum atomic E-state index is 10.6. The zero-order valence-corrected chi connectivity index (χ0v) is 10.2. The van der Waals surface area contributed by atoms with Gasteiger partial charge in [0.15, 0.2) is 0 Å². The summed E-state index contributed by atoms with van der Waals surface area (Å²) in [6, 6.07) is 0. The van der Waals surface area contributed by atoms with Crippen molar-refractivity contribution in [2.45, 2.75) is 71.5 Å². The first-order chi connectivity index (χ1) is 7.06. The van der Waals surface area contributed by atoms with Crippen LogP contribution in [0.25, 0.3) is 0 Å².